The number of nitrogens with zero attached hydrogens (tertiary/aromatic N) is 2. The van der Waals surface area contributed by atoms with Crippen LogP contribution in [0, 0.1) is 0 Å². The summed E-state index contributed by atoms with van der Waals surface area (Å²) in [6.07, 6.45) is 0. The minimum Gasteiger partial charge on any atom is -0.309 e. The van der Waals surface area contributed by atoms with Crippen LogP contribution in [0.5, 0.6) is 0 Å². The average molecular weight is 743 g/mol. The second-order valence-corrected chi connectivity index (χ2v) is 18.6. The Labute approximate surface area is 333 Å². The average Bonchev–Trinajstić information content (AvgIpc) is 3.81. The van der Waals surface area contributed by atoms with Crippen molar-refractivity contribution in [3.63, 3.8) is 0 Å². The molecule has 0 aliphatic heterocycles. The van der Waals surface area contributed by atoms with Crippen molar-refractivity contribution in [2.24, 2.45) is 0 Å². The van der Waals surface area contributed by atoms with Crippen molar-refractivity contribution in [3.05, 3.63) is 231 Å². The minimum absolute atomic E-state index is 1.14. The maximum Gasteiger partial charge on any atom is 0.181 e. The molecule has 57 heavy (non-hydrogen) atoms. The van der Waals surface area contributed by atoms with E-state index in [9.17, 15) is 0 Å². The zero-order valence-corrected chi connectivity index (χ0v) is 32.3. The molecule has 0 aliphatic carbocycles. The van der Waals surface area contributed by atoms with Gasteiger partial charge in [-0.05, 0) is 74.3 Å². The summed E-state index contributed by atoms with van der Waals surface area (Å²) in [7, 11) is -2.90. The van der Waals surface area contributed by atoms with Gasteiger partial charge in [-0.1, -0.05) is 188 Å². The first-order chi connectivity index (χ1) is 28.3. The van der Waals surface area contributed by atoms with Crippen LogP contribution in [0.4, 0.5) is 0 Å². The van der Waals surface area contributed by atoms with Gasteiger partial charge in [-0.3, -0.25) is 0 Å². The largest absolute Gasteiger partial charge is 0.309 e. The normalized spacial score (nSPS) is 11.9. The molecule has 0 radical (unpaired) electrons. The van der Waals surface area contributed by atoms with Gasteiger partial charge in [0.15, 0.2) is 8.07 Å². The number of hydrogen-bond acceptors (Lipinski definition) is 0. The molecule has 0 aliphatic rings. The van der Waals surface area contributed by atoms with Crippen LogP contribution < -0.4 is 20.7 Å². The van der Waals surface area contributed by atoms with Crippen LogP contribution in [0.2, 0.25) is 0 Å². The maximum absolute atomic E-state index is 2.90. The summed E-state index contributed by atoms with van der Waals surface area (Å²) in [6.45, 7) is 0. The van der Waals surface area contributed by atoms with Crippen LogP contribution in [0.25, 0.3) is 66.1 Å². The van der Waals surface area contributed by atoms with E-state index < -0.39 is 8.07 Å². The zero-order valence-electron chi connectivity index (χ0n) is 31.3. The van der Waals surface area contributed by atoms with E-state index in [0.717, 1.165) is 11.4 Å². The Kier molecular flexibility index (Phi) is 7.87. The van der Waals surface area contributed by atoms with Crippen LogP contribution in [-0.4, -0.2) is 17.2 Å². The van der Waals surface area contributed by atoms with E-state index in [1.54, 1.807) is 0 Å². The molecule has 11 aromatic rings. The van der Waals surface area contributed by atoms with Gasteiger partial charge in [-0.2, -0.15) is 0 Å². The summed E-state index contributed by atoms with van der Waals surface area (Å²) < 4.78 is 4.99. The van der Waals surface area contributed by atoms with Crippen molar-refractivity contribution in [2.45, 2.75) is 0 Å². The molecule has 0 amide bonds. The highest BCUT2D eigenvalue weighted by atomic mass is 28.3. The van der Waals surface area contributed by atoms with Crippen LogP contribution in [0.1, 0.15) is 0 Å². The fourth-order valence-corrected chi connectivity index (χ4v) is 14.4. The van der Waals surface area contributed by atoms with Crippen molar-refractivity contribution >= 4 is 72.4 Å². The molecule has 0 bridgehead atoms. The lowest BCUT2D eigenvalue weighted by atomic mass is 10.0. The smallest absolute Gasteiger partial charge is 0.181 e. The second-order valence-electron chi connectivity index (χ2n) is 14.9. The van der Waals surface area contributed by atoms with Gasteiger partial charge in [-0.25, -0.2) is 0 Å². The lowest BCUT2D eigenvalue weighted by molar-refractivity contribution is 1.16. The van der Waals surface area contributed by atoms with Gasteiger partial charge in [0.2, 0.25) is 0 Å². The molecule has 0 N–H and O–H groups in total. The Morgan fingerprint density at radius 1 is 0.281 bits per heavy atom. The van der Waals surface area contributed by atoms with Gasteiger partial charge in [0, 0.05) is 32.9 Å². The molecule has 11 rings (SSSR count). The third kappa shape index (κ3) is 5.17. The molecule has 2 heterocycles. The van der Waals surface area contributed by atoms with Gasteiger partial charge >= 0.3 is 0 Å². The Hall–Kier alpha value is -7.20. The SMILES string of the molecule is c1ccc(-c2ccc3c(c2)c2ccc(-n4c5ccccc5c5cccc([Si](c6ccccc6)(c6ccccc6)c6ccccc6)c54)cc2n3-c2ccccc2)cc1. The second kappa shape index (κ2) is 13.5. The first-order valence-corrected chi connectivity index (χ1v) is 21.7. The highest BCUT2D eigenvalue weighted by molar-refractivity contribution is 7.20. The number of benzene rings is 9. The molecule has 0 saturated carbocycles. The maximum atomic E-state index is 2.55. The highest BCUT2D eigenvalue weighted by Gasteiger charge is 2.43. The summed E-state index contributed by atoms with van der Waals surface area (Å²) in [4.78, 5) is 0. The molecular formula is C54H38N2Si. The Morgan fingerprint density at radius 3 is 1.46 bits per heavy atom. The number of fused-ring (bicyclic) bond motifs is 6. The minimum atomic E-state index is -2.90. The molecule has 2 nitrogen and oxygen atoms in total. The Morgan fingerprint density at radius 2 is 0.807 bits per heavy atom. The number of hydrogen-bond donors (Lipinski definition) is 0. The van der Waals surface area contributed by atoms with Crippen molar-refractivity contribution in [3.8, 4) is 22.5 Å². The zero-order chi connectivity index (χ0) is 37.8. The van der Waals surface area contributed by atoms with Gasteiger partial charge in [0.25, 0.3) is 0 Å². The predicted molar refractivity (Wildman–Crippen MR) is 244 cm³/mol. The lowest BCUT2D eigenvalue weighted by Gasteiger charge is -2.35. The summed E-state index contributed by atoms with van der Waals surface area (Å²) in [5, 5.41) is 10.4. The third-order valence-electron chi connectivity index (χ3n) is 11.8. The van der Waals surface area contributed by atoms with Gasteiger partial charge in [0.05, 0.1) is 22.1 Å². The Balaban J connectivity index is 1.27. The lowest BCUT2D eigenvalue weighted by Crippen LogP contribution is -2.75. The summed E-state index contributed by atoms with van der Waals surface area (Å²) in [6, 6.07) is 85.3. The van der Waals surface area contributed by atoms with Gasteiger partial charge in [-0.15, -0.1) is 0 Å². The molecule has 9 aromatic carbocycles. The molecule has 0 spiro atoms. The molecule has 3 heteroatoms. The van der Waals surface area contributed by atoms with E-state index in [-0.39, 0.29) is 0 Å². The first kappa shape index (κ1) is 33.2. The highest BCUT2D eigenvalue weighted by Crippen LogP contribution is 2.38. The predicted octanol–water partition coefficient (Wildman–Crippen LogP) is 10.9. The molecule has 0 saturated heterocycles. The first-order valence-electron chi connectivity index (χ1n) is 19.7. The number of aromatic nitrogens is 2. The van der Waals surface area contributed by atoms with Crippen molar-refractivity contribution in [1.29, 1.82) is 0 Å². The molecule has 268 valence electrons. The van der Waals surface area contributed by atoms with E-state index >= 15 is 0 Å². The van der Waals surface area contributed by atoms with Crippen molar-refractivity contribution in [1.82, 2.24) is 9.13 Å². The molecule has 2 aromatic heterocycles. The van der Waals surface area contributed by atoms with E-state index in [1.165, 1.54) is 75.5 Å². The topological polar surface area (TPSA) is 9.86 Å². The van der Waals surface area contributed by atoms with Crippen molar-refractivity contribution < 1.29 is 0 Å². The fraction of sp³-hybridized carbons (Fsp3) is 0. The van der Waals surface area contributed by atoms with E-state index in [4.69, 9.17) is 0 Å². The number of rotatable bonds is 7. The summed E-state index contributed by atoms with van der Waals surface area (Å²) >= 11 is 0. The van der Waals surface area contributed by atoms with Gasteiger partial charge in [0.1, 0.15) is 0 Å². The number of para-hydroxylation sites is 3. The van der Waals surface area contributed by atoms with Crippen LogP contribution in [0.15, 0.2) is 231 Å². The molecule has 0 atom stereocenters. The van der Waals surface area contributed by atoms with Crippen molar-refractivity contribution in [2.75, 3.05) is 0 Å². The standard InChI is InChI=1S/C54H38N2Si/c1-6-19-39(20-7-1)40-33-36-51-49(37-40)47-35-34-42(38-52(47)55(51)41-21-8-2-9-22-41)56-50-31-17-16-29-46(50)48-30-18-32-53(54(48)56)57(43-23-10-3-11-24-43,44-25-12-4-13-26-44)45-27-14-5-15-28-45/h1-38H. The molecule has 0 unspecified atom stereocenters. The van der Waals surface area contributed by atoms with Crippen LogP contribution in [-0.2, 0) is 0 Å². The van der Waals surface area contributed by atoms with E-state index in [1.807, 2.05) is 0 Å². The fourth-order valence-electron chi connectivity index (χ4n) is 9.43. The van der Waals surface area contributed by atoms with Crippen LogP contribution >= 0.6 is 0 Å². The van der Waals surface area contributed by atoms with E-state index in [2.05, 4.69) is 240 Å². The molecular weight excluding hydrogens is 705 g/mol. The van der Waals surface area contributed by atoms with Gasteiger partial charge < -0.3 is 9.13 Å². The summed E-state index contributed by atoms with van der Waals surface area (Å²) in [5.41, 5.74) is 9.56. The summed E-state index contributed by atoms with van der Waals surface area (Å²) in [5.74, 6) is 0. The Bertz CT molecular complexity index is 3110. The van der Waals surface area contributed by atoms with E-state index in [0.29, 0.717) is 0 Å². The quantitative estimate of drug-likeness (QED) is 0.114. The monoisotopic (exact) mass is 742 g/mol. The third-order valence-corrected chi connectivity index (χ3v) is 16.7. The molecule has 0 fully saturated rings. The van der Waals surface area contributed by atoms with Crippen LogP contribution in [0.3, 0.4) is 0 Å².